The van der Waals surface area contributed by atoms with Crippen LogP contribution in [0.25, 0.3) is 0 Å². The first-order valence-corrected chi connectivity index (χ1v) is 9.17. The van der Waals surface area contributed by atoms with E-state index in [9.17, 15) is 13.2 Å². The smallest absolute Gasteiger partial charge is 0.264 e. The van der Waals surface area contributed by atoms with Crippen molar-refractivity contribution < 1.29 is 17.9 Å². The van der Waals surface area contributed by atoms with Gasteiger partial charge in [-0.05, 0) is 49.7 Å². The van der Waals surface area contributed by atoms with Gasteiger partial charge in [0.25, 0.3) is 10.0 Å². The fourth-order valence-corrected chi connectivity index (χ4v) is 3.81. The third-order valence-electron chi connectivity index (χ3n) is 3.31. The number of nitrogens with zero attached hydrogens (tertiary/aromatic N) is 1. The van der Waals surface area contributed by atoms with Crippen molar-refractivity contribution in [2.24, 2.45) is 0 Å². The highest BCUT2D eigenvalue weighted by atomic mass is 35.5. The first kappa shape index (κ1) is 18.3. The van der Waals surface area contributed by atoms with Crippen LogP contribution >= 0.6 is 11.6 Å². The number of carbonyl (C=O) groups is 1. The Morgan fingerprint density at radius 3 is 2.33 bits per heavy atom. The molecule has 0 aliphatic rings. The number of anilines is 1. The highest BCUT2D eigenvalue weighted by Crippen LogP contribution is 2.32. The summed E-state index contributed by atoms with van der Waals surface area (Å²) in [5.41, 5.74) is 1.21. The molecule has 0 saturated heterocycles. The van der Waals surface area contributed by atoms with Crippen LogP contribution in [0, 0.1) is 6.92 Å². The molecule has 7 heteroatoms. The third-order valence-corrected chi connectivity index (χ3v) is 5.20. The molecule has 0 saturated carbocycles. The molecule has 5 nitrogen and oxygen atoms in total. The Morgan fingerprint density at radius 2 is 1.75 bits per heavy atom. The zero-order chi connectivity index (χ0) is 17.7. The molecule has 24 heavy (non-hydrogen) atoms. The highest BCUT2D eigenvalue weighted by Gasteiger charge is 2.28. The molecule has 0 spiro atoms. The summed E-state index contributed by atoms with van der Waals surface area (Å²) >= 11 is 5.48. The molecule has 0 N–H and O–H groups in total. The van der Waals surface area contributed by atoms with Crippen LogP contribution in [-0.4, -0.2) is 26.8 Å². The Balaban J connectivity index is 2.57. The van der Waals surface area contributed by atoms with E-state index in [1.54, 1.807) is 43.3 Å². The molecular formula is C17H18ClNO4S. The van der Waals surface area contributed by atoms with Crippen molar-refractivity contribution in [3.63, 3.8) is 0 Å². The predicted molar refractivity (Wildman–Crippen MR) is 94.2 cm³/mol. The van der Waals surface area contributed by atoms with E-state index in [1.165, 1.54) is 12.1 Å². The van der Waals surface area contributed by atoms with Gasteiger partial charge in [0, 0.05) is 0 Å². The Hall–Kier alpha value is -2.05. The lowest BCUT2D eigenvalue weighted by Gasteiger charge is -2.25. The first-order chi connectivity index (χ1) is 11.4. The molecule has 0 aliphatic carbocycles. The minimum absolute atomic E-state index is 0.0809. The van der Waals surface area contributed by atoms with E-state index < -0.39 is 21.8 Å². The van der Waals surface area contributed by atoms with E-state index in [1.807, 2.05) is 6.92 Å². The normalized spacial score (nSPS) is 11.1. The van der Waals surface area contributed by atoms with E-state index >= 15 is 0 Å². The average Bonchev–Trinajstić information content (AvgIpc) is 2.54. The van der Waals surface area contributed by atoms with E-state index in [-0.39, 0.29) is 10.6 Å². The first-order valence-electron chi connectivity index (χ1n) is 7.36. The lowest BCUT2D eigenvalue weighted by molar-refractivity contribution is -0.110. The molecule has 0 atom stereocenters. The summed E-state index contributed by atoms with van der Waals surface area (Å²) in [5.74, 6) is 0.369. The van der Waals surface area contributed by atoms with Gasteiger partial charge in [0.15, 0.2) is 0 Å². The molecule has 2 aromatic carbocycles. The Bertz CT molecular complexity index is 819. The maximum atomic E-state index is 13.0. The van der Waals surface area contributed by atoms with E-state index in [0.717, 1.165) is 9.87 Å². The quantitative estimate of drug-likeness (QED) is 0.704. The van der Waals surface area contributed by atoms with Gasteiger partial charge in [0.2, 0.25) is 5.24 Å². The van der Waals surface area contributed by atoms with Gasteiger partial charge in [-0.1, -0.05) is 29.8 Å². The fourth-order valence-electron chi connectivity index (χ4n) is 2.19. The monoisotopic (exact) mass is 367 g/mol. The number of sulfonamides is 1. The second-order valence-electron chi connectivity index (χ2n) is 5.08. The van der Waals surface area contributed by atoms with Crippen LogP contribution in [0.3, 0.4) is 0 Å². The number of carbonyl (C=O) groups excluding carboxylic acids is 1. The fraction of sp³-hybridized carbons (Fsp3) is 0.235. The summed E-state index contributed by atoms with van der Waals surface area (Å²) in [5, 5.41) is -0.781. The summed E-state index contributed by atoms with van der Waals surface area (Å²) in [6, 6.07) is 13.0. The molecule has 0 aromatic heterocycles. The maximum Gasteiger partial charge on any atom is 0.264 e. The summed E-state index contributed by atoms with van der Waals surface area (Å²) in [6.45, 7) is 3.54. The van der Waals surface area contributed by atoms with Gasteiger partial charge in [0.05, 0.1) is 17.2 Å². The second kappa shape index (κ2) is 7.68. The number of aryl methyl sites for hydroxylation is 1. The summed E-state index contributed by atoms with van der Waals surface area (Å²) < 4.78 is 32.5. The zero-order valence-corrected chi connectivity index (χ0v) is 15.0. The third kappa shape index (κ3) is 4.07. The Morgan fingerprint density at radius 1 is 1.12 bits per heavy atom. The van der Waals surface area contributed by atoms with E-state index in [4.69, 9.17) is 16.3 Å². The predicted octanol–water partition coefficient (Wildman–Crippen LogP) is 3.35. The van der Waals surface area contributed by atoms with Crippen LogP contribution in [0.4, 0.5) is 5.69 Å². The molecule has 2 rings (SSSR count). The van der Waals surface area contributed by atoms with Crippen molar-refractivity contribution >= 4 is 32.6 Å². The molecular weight excluding hydrogens is 350 g/mol. The SMILES string of the molecule is CCOc1ccccc1N(CC(=O)Cl)S(=O)(=O)c1ccc(C)cc1. The number of hydrogen-bond acceptors (Lipinski definition) is 4. The van der Waals surface area contributed by atoms with Gasteiger partial charge in [-0.25, -0.2) is 8.42 Å². The van der Waals surface area contributed by atoms with Crippen molar-refractivity contribution in [1.82, 2.24) is 0 Å². The van der Waals surface area contributed by atoms with Crippen molar-refractivity contribution in [1.29, 1.82) is 0 Å². The van der Waals surface area contributed by atoms with Gasteiger partial charge in [0.1, 0.15) is 12.3 Å². The second-order valence-corrected chi connectivity index (χ2v) is 7.36. The van der Waals surface area contributed by atoms with Gasteiger partial charge < -0.3 is 4.74 Å². The van der Waals surface area contributed by atoms with Crippen molar-refractivity contribution in [3.05, 3.63) is 54.1 Å². The Kier molecular flexibility index (Phi) is 5.85. The van der Waals surface area contributed by atoms with Crippen molar-refractivity contribution in [2.75, 3.05) is 17.5 Å². The summed E-state index contributed by atoms with van der Waals surface area (Å²) in [4.78, 5) is 11.5. The minimum atomic E-state index is -3.96. The average molecular weight is 368 g/mol. The molecule has 0 amide bonds. The van der Waals surface area contributed by atoms with E-state index in [2.05, 4.69) is 0 Å². The van der Waals surface area contributed by atoms with Crippen LogP contribution in [0.5, 0.6) is 5.75 Å². The van der Waals surface area contributed by atoms with Gasteiger partial charge in [-0.3, -0.25) is 9.10 Å². The summed E-state index contributed by atoms with van der Waals surface area (Å²) in [6.07, 6.45) is 0. The minimum Gasteiger partial charge on any atom is -0.492 e. The molecule has 128 valence electrons. The molecule has 0 radical (unpaired) electrons. The van der Waals surface area contributed by atoms with Crippen LogP contribution in [-0.2, 0) is 14.8 Å². The number of para-hydroxylation sites is 2. The molecule has 0 fully saturated rings. The van der Waals surface area contributed by atoms with Crippen LogP contribution < -0.4 is 9.04 Å². The number of rotatable bonds is 7. The number of hydrogen-bond donors (Lipinski definition) is 0. The molecule has 0 heterocycles. The van der Waals surface area contributed by atoms with Crippen LogP contribution in [0.15, 0.2) is 53.4 Å². The van der Waals surface area contributed by atoms with Gasteiger partial charge in [-0.15, -0.1) is 0 Å². The highest BCUT2D eigenvalue weighted by molar-refractivity contribution is 7.92. The maximum absolute atomic E-state index is 13.0. The lowest BCUT2D eigenvalue weighted by Crippen LogP contribution is -2.34. The van der Waals surface area contributed by atoms with E-state index in [0.29, 0.717) is 12.4 Å². The van der Waals surface area contributed by atoms with Crippen molar-refractivity contribution in [3.8, 4) is 5.75 Å². The largest absolute Gasteiger partial charge is 0.492 e. The van der Waals surface area contributed by atoms with Crippen LogP contribution in [0.2, 0.25) is 0 Å². The van der Waals surface area contributed by atoms with Crippen molar-refractivity contribution in [2.45, 2.75) is 18.7 Å². The van der Waals surface area contributed by atoms with Gasteiger partial charge >= 0.3 is 0 Å². The molecule has 2 aromatic rings. The molecule has 0 unspecified atom stereocenters. The zero-order valence-electron chi connectivity index (χ0n) is 13.4. The topological polar surface area (TPSA) is 63.7 Å². The molecule has 0 aliphatic heterocycles. The molecule has 0 bridgehead atoms. The lowest BCUT2D eigenvalue weighted by atomic mass is 10.2. The van der Waals surface area contributed by atoms with Gasteiger partial charge in [-0.2, -0.15) is 0 Å². The summed E-state index contributed by atoms with van der Waals surface area (Å²) in [7, 11) is -3.96. The number of ether oxygens (including phenoxy) is 1. The number of halogens is 1. The van der Waals surface area contributed by atoms with Crippen LogP contribution in [0.1, 0.15) is 12.5 Å². The number of benzene rings is 2. The standard InChI is InChI=1S/C17H18ClNO4S/c1-3-23-16-7-5-4-6-15(16)19(12-17(18)20)24(21,22)14-10-8-13(2)9-11-14/h4-11H,3,12H2,1-2H3. The Labute approximate surface area is 146 Å².